The molecule has 17 heavy (non-hydrogen) atoms. The van der Waals surface area contributed by atoms with Crippen LogP contribution in [0.2, 0.25) is 0 Å². The topological polar surface area (TPSA) is 63.4 Å². The SMILES string of the molecule is CCCN(CCC)C1(CN)CCS(=O)(=O)CC1. The van der Waals surface area contributed by atoms with Crippen molar-refractivity contribution in [3.05, 3.63) is 0 Å². The van der Waals surface area contributed by atoms with Crippen LogP contribution in [0.5, 0.6) is 0 Å². The van der Waals surface area contributed by atoms with Crippen molar-refractivity contribution in [2.75, 3.05) is 31.1 Å². The molecule has 1 heterocycles. The summed E-state index contributed by atoms with van der Waals surface area (Å²) < 4.78 is 23.1. The highest BCUT2D eigenvalue weighted by Gasteiger charge is 2.40. The van der Waals surface area contributed by atoms with Crippen LogP contribution in [0, 0.1) is 0 Å². The Bertz CT molecular complexity index is 307. The van der Waals surface area contributed by atoms with Crippen LogP contribution in [0.25, 0.3) is 0 Å². The third-order valence-corrected chi connectivity index (χ3v) is 5.45. The molecule has 0 unspecified atom stereocenters. The summed E-state index contributed by atoms with van der Waals surface area (Å²) in [5.74, 6) is 0.599. The van der Waals surface area contributed by atoms with Gasteiger partial charge in [0.05, 0.1) is 11.5 Å². The lowest BCUT2D eigenvalue weighted by atomic mass is 9.89. The van der Waals surface area contributed by atoms with Gasteiger partial charge in [0.1, 0.15) is 9.84 Å². The Labute approximate surface area is 105 Å². The summed E-state index contributed by atoms with van der Waals surface area (Å²) in [6.07, 6.45) is 3.58. The molecule has 1 aliphatic rings. The van der Waals surface area contributed by atoms with E-state index in [0.717, 1.165) is 25.9 Å². The first-order chi connectivity index (χ1) is 7.99. The summed E-state index contributed by atoms with van der Waals surface area (Å²) >= 11 is 0. The maximum atomic E-state index is 11.5. The van der Waals surface area contributed by atoms with Crippen LogP contribution >= 0.6 is 0 Å². The van der Waals surface area contributed by atoms with E-state index in [9.17, 15) is 8.42 Å². The van der Waals surface area contributed by atoms with Crippen molar-refractivity contribution in [2.24, 2.45) is 5.73 Å². The van der Waals surface area contributed by atoms with Crippen molar-refractivity contribution in [1.82, 2.24) is 4.90 Å². The lowest BCUT2D eigenvalue weighted by Crippen LogP contribution is -2.58. The molecular weight excluding hydrogens is 236 g/mol. The minimum absolute atomic E-state index is 0.0721. The van der Waals surface area contributed by atoms with E-state index in [0.29, 0.717) is 30.9 Å². The second-order valence-corrected chi connectivity index (χ2v) is 7.37. The van der Waals surface area contributed by atoms with E-state index in [-0.39, 0.29) is 5.54 Å². The lowest BCUT2D eigenvalue weighted by Gasteiger charge is -2.45. The zero-order valence-electron chi connectivity index (χ0n) is 11.1. The van der Waals surface area contributed by atoms with Gasteiger partial charge >= 0.3 is 0 Å². The fraction of sp³-hybridized carbons (Fsp3) is 1.00. The zero-order chi connectivity index (χ0) is 12.9. The number of nitrogens with two attached hydrogens (primary N) is 1. The fourth-order valence-electron chi connectivity index (χ4n) is 2.69. The van der Waals surface area contributed by atoms with E-state index in [4.69, 9.17) is 5.73 Å². The van der Waals surface area contributed by atoms with E-state index in [2.05, 4.69) is 18.7 Å². The van der Waals surface area contributed by atoms with Gasteiger partial charge in [0.15, 0.2) is 0 Å². The standard InChI is InChI=1S/C12H26N2O2S/c1-3-7-14(8-4-2)12(11-13)5-9-17(15,16)10-6-12/h3-11,13H2,1-2H3. The van der Waals surface area contributed by atoms with E-state index in [1.165, 1.54) is 0 Å². The zero-order valence-corrected chi connectivity index (χ0v) is 11.9. The van der Waals surface area contributed by atoms with Gasteiger partial charge in [0, 0.05) is 12.1 Å². The smallest absolute Gasteiger partial charge is 0.150 e. The van der Waals surface area contributed by atoms with E-state index < -0.39 is 9.84 Å². The van der Waals surface area contributed by atoms with Crippen LogP contribution < -0.4 is 5.73 Å². The van der Waals surface area contributed by atoms with E-state index >= 15 is 0 Å². The molecule has 0 atom stereocenters. The Balaban J connectivity index is 2.79. The molecule has 0 aliphatic carbocycles. The molecule has 0 radical (unpaired) electrons. The summed E-state index contributed by atoms with van der Waals surface area (Å²) in [6, 6.07) is 0. The van der Waals surface area contributed by atoms with Gasteiger partial charge in [-0.15, -0.1) is 0 Å². The van der Waals surface area contributed by atoms with Gasteiger partial charge in [-0.3, -0.25) is 4.90 Å². The quantitative estimate of drug-likeness (QED) is 0.776. The second-order valence-electron chi connectivity index (χ2n) is 5.07. The number of sulfone groups is 1. The molecule has 0 saturated carbocycles. The summed E-state index contributed by atoms with van der Waals surface area (Å²) in [6.45, 7) is 6.93. The molecule has 1 aliphatic heterocycles. The molecule has 1 rings (SSSR count). The molecule has 0 aromatic heterocycles. The molecule has 1 saturated heterocycles. The van der Waals surface area contributed by atoms with Crippen LogP contribution in [0.15, 0.2) is 0 Å². The Morgan fingerprint density at radius 2 is 1.59 bits per heavy atom. The largest absolute Gasteiger partial charge is 0.329 e. The third kappa shape index (κ3) is 3.66. The average Bonchev–Trinajstić information content (AvgIpc) is 2.30. The van der Waals surface area contributed by atoms with Gasteiger partial charge in [0.25, 0.3) is 0 Å². The molecule has 0 aromatic rings. The first kappa shape index (κ1) is 14.9. The molecule has 4 nitrogen and oxygen atoms in total. The van der Waals surface area contributed by atoms with Crippen molar-refractivity contribution in [3.63, 3.8) is 0 Å². The molecule has 1 fully saturated rings. The first-order valence-electron chi connectivity index (χ1n) is 6.65. The van der Waals surface area contributed by atoms with Crippen molar-refractivity contribution < 1.29 is 8.42 Å². The fourth-order valence-corrected chi connectivity index (χ4v) is 4.28. The summed E-state index contributed by atoms with van der Waals surface area (Å²) in [5.41, 5.74) is 5.88. The minimum atomic E-state index is -2.81. The maximum absolute atomic E-state index is 11.5. The Morgan fingerprint density at radius 3 is 1.94 bits per heavy atom. The summed E-state index contributed by atoms with van der Waals surface area (Å²) in [7, 11) is -2.81. The van der Waals surface area contributed by atoms with Gasteiger partial charge in [-0.25, -0.2) is 8.42 Å². The van der Waals surface area contributed by atoms with E-state index in [1.807, 2.05) is 0 Å². The van der Waals surface area contributed by atoms with Gasteiger partial charge in [-0.05, 0) is 38.8 Å². The highest BCUT2D eigenvalue weighted by molar-refractivity contribution is 7.91. The molecule has 0 amide bonds. The second kappa shape index (κ2) is 6.16. The normalized spacial score (nSPS) is 22.8. The van der Waals surface area contributed by atoms with Gasteiger partial charge in [-0.1, -0.05) is 13.8 Å². The first-order valence-corrected chi connectivity index (χ1v) is 8.47. The van der Waals surface area contributed by atoms with Crippen LogP contribution in [0.1, 0.15) is 39.5 Å². The van der Waals surface area contributed by atoms with Gasteiger partial charge in [0.2, 0.25) is 0 Å². The number of hydrogen-bond donors (Lipinski definition) is 1. The van der Waals surface area contributed by atoms with Crippen molar-refractivity contribution in [1.29, 1.82) is 0 Å². The number of rotatable bonds is 6. The molecule has 102 valence electrons. The minimum Gasteiger partial charge on any atom is -0.329 e. The summed E-state index contributed by atoms with van der Waals surface area (Å²) in [4.78, 5) is 2.42. The van der Waals surface area contributed by atoms with Crippen LogP contribution in [-0.4, -0.2) is 50.0 Å². The summed E-state index contributed by atoms with van der Waals surface area (Å²) in [5, 5.41) is 0. The predicted molar refractivity (Wildman–Crippen MR) is 71.8 cm³/mol. The van der Waals surface area contributed by atoms with Crippen molar-refractivity contribution in [3.8, 4) is 0 Å². The molecule has 0 aromatic carbocycles. The maximum Gasteiger partial charge on any atom is 0.150 e. The van der Waals surface area contributed by atoms with Gasteiger partial charge < -0.3 is 5.73 Å². The highest BCUT2D eigenvalue weighted by Crippen LogP contribution is 2.29. The van der Waals surface area contributed by atoms with Crippen LogP contribution in [0.3, 0.4) is 0 Å². The molecule has 0 spiro atoms. The van der Waals surface area contributed by atoms with Crippen molar-refractivity contribution in [2.45, 2.75) is 45.1 Å². The number of hydrogen-bond acceptors (Lipinski definition) is 4. The number of nitrogens with zero attached hydrogens (tertiary/aromatic N) is 1. The molecular formula is C12H26N2O2S. The Morgan fingerprint density at radius 1 is 1.12 bits per heavy atom. The Hall–Kier alpha value is -0.130. The average molecular weight is 262 g/mol. The van der Waals surface area contributed by atoms with Gasteiger partial charge in [-0.2, -0.15) is 0 Å². The van der Waals surface area contributed by atoms with E-state index in [1.54, 1.807) is 0 Å². The lowest BCUT2D eigenvalue weighted by molar-refractivity contribution is 0.0827. The Kier molecular flexibility index (Phi) is 5.41. The monoisotopic (exact) mass is 262 g/mol. The molecule has 2 N–H and O–H groups in total. The van der Waals surface area contributed by atoms with Crippen LogP contribution in [0.4, 0.5) is 0 Å². The predicted octanol–water partition coefficient (Wildman–Crippen LogP) is 1.01. The molecule has 5 heteroatoms. The van der Waals surface area contributed by atoms with Crippen LogP contribution in [-0.2, 0) is 9.84 Å². The third-order valence-electron chi connectivity index (χ3n) is 3.79. The van der Waals surface area contributed by atoms with Crippen molar-refractivity contribution >= 4 is 9.84 Å². The molecule has 0 bridgehead atoms. The highest BCUT2D eigenvalue weighted by atomic mass is 32.2.